The minimum Gasteiger partial charge on any atom is -0.294 e. The van der Waals surface area contributed by atoms with Crippen molar-refractivity contribution in [3.8, 4) is 0 Å². The van der Waals surface area contributed by atoms with Crippen molar-refractivity contribution in [2.45, 2.75) is 25.2 Å². The molecule has 1 unspecified atom stereocenters. The molecule has 0 N–H and O–H groups in total. The highest BCUT2D eigenvalue weighted by molar-refractivity contribution is 6.30. The Balaban J connectivity index is 2.58. The Hall–Kier alpha value is -2.42. The Labute approximate surface area is 164 Å². The summed E-state index contributed by atoms with van der Waals surface area (Å²) >= 11 is 5.42. The van der Waals surface area contributed by atoms with Gasteiger partial charge in [0.2, 0.25) is 0 Å². The molecule has 10 heteroatoms. The van der Waals surface area contributed by atoms with Gasteiger partial charge >= 0.3 is 12.4 Å². The smallest absolute Gasteiger partial charge is 0.294 e. The van der Waals surface area contributed by atoms with E-state index in [1.807, 2.05) is 0 Å². The maximum Gasteiger partial charge on any atom is 0.417 e. The molecule has 1 atom stereocenters. The van der Waals surface area contributed by atoms with Crippen molar-refractivity contribution in [3.63, 3.8) is 0 Å². The molecule has 0 bridgehead atoms. The fraction of sp³-hybridized carbons (Fsp3) is 0.211. The summed E-state index contributed by atoms with van der Waals surface area (Å²) in [6, 6.07) is 3.82. The first-order valence-corrected chi connectivity index (χ1v) is 8.21. The number of rotatable bonds is 4. The van der Waals surface area contributed by atoms with Crippen LogP contribution in [0.1, 0.15) is 39.9 Å². The lowest BCUT2D eigenvalue weighted by atomic mass is 9.95. The molecule has 0 aliphatic heterocycles. The van der Waals surface area contributed by atoms with Crippen LogP contribution in [0.5, 0.6) is 0 Å². The number of benzene rings is 2. The van der Waals surface area contributed by atoms with E-state index in [9.17, 15) is 39.9 Å². The zero-order valence-corrected chi connectivity index (χ0v) is 15.2. The summed E-state index contributed by atoms with van der Waals surface area (Å²) in [6.07, 6.45) is -10.1. The number of Topliss-reactive ketones (excluding diaryl/α,β-unsaturated/α-hetero) is 1. The highest BCUT2D eigenvalue weighted by Gasteiger charge is 2.40. The fourth-order valence-electron chi connectivity index (χ4n) is 2.56. The van der Waals surface area contributed by atoms with E-state index in [2.05, 4.69) is 0 Å². The number of allylic oxidation sites excluding steroid dienone is 1. The van der Waals surface area contributed by atoms with E-state index >= 15 is 0 Å². The van der Waals surface area contributed by atoms with E-state index in [-0.39, 0.29) is 12.1 Å². The van der Waals surface area contributed by atoms with Crippen LogP contribution in [0.4, 0.5) is 35.1 Å². The maximum absolute atomic E-state index is 14.5. The van der Waals surface area contributed by atoms with Crippen molar-refractivity contribution in [1.82, 2.24) is 0 Å². The van der Waals surface area contributed by atoms with Crippen molar-refractivity contribution in [2.75, 3.05) is 0 Å². The molecule has 0 aromatic heterocycles. The summed E-state index contributed by atoms with van der Waals surface area (Å²) in [5.74, 6) is -6.38. The van der Waals surface area contributed by atoms with Gasteiger partial charge in [0.1, 0.15) is 17.6 Å². The monoisotopic (exact) mass is 442 g/mol. The molecule has 1 nitrogen and oxygen atoms in total. The minimum absolute atomic E-state index is 0.0333. The number of alkyl halides is 6. The molecule has 0 radical (unpaired) electrons. The Bertz CT molecular complexity index is 960. The standard InChI is InChI=1S/C19H11ClF8O/c1-9(29)12-4-2-11(6-14(12)19(26,27)28)16(21)8-13(18(23,24)25)10-3-5-15(20)17(22)7-10/h2-8,13H,1H3/b16-8-. The van der Waals surface area contributed by atoms with Crippen LogP contribution in [-0.4, -0.2) is 12.0 Å². The molecule has 29 heavy (non-hydrogen) atoms. The lowest BCUT2D eigenvalue weighted by Crippen LogP contribution is -2.19. The van der Waals surface area contributed by atoms with Crippen molar-refractivity contribution in [1.29, 1.82) is 0 Å². The van der Waals surface area contributed by atoms with Crippen LogP contribution in [-0.2, 0) is 6.18 Å². The Morgan fingerprint density at radius 2 is 1.66 bits per heavy atom. The fourth-order valence-corrected chi connectivity index (χ4v) is 2.68. The molecule has 156 valence electrons. The normalized spacial score (nSPS) is 14.1. The molecule has 0 saturated carbocycles. The van der Waals surface area contributed by atoms with E-state index in [0.29, 0.717) is 12.1 Å². The van der Waals surface area contributed by atoms with E-state index in [4.69, 9.17) is 11.6 Å². The van der Waals surface area contributed by atoms with Crippen LogP contribution in [0.25, 0.3) is 5.83 Å². The van der Waals surface area contributed by atoms with E-state index in [1.165, 1.54) is 0 Å². The van der Waals surface area contributed by atoms with E-state index in [0.717, 1.165) is 25.1 Å². The topological polar surface area (TPSA) is 17.1 Å². The summed E-state index contributed by atoms with van der Waals surface area (Å²) < 4.78 is 107. The number of carbonyl (C=O) groups excluding carboxylic acids is 1. The molecule has 0 fully saturated rings. The van der Waals surface area contributed by atoms with Gasteiger partial charge in [-0.2, -0.15) is 26.3 Å². The van der Waals surface area contributed by atoms with Gasteiger partial charge in [-0.05, 0) is 36.8 Å². The summed E-state index contributed by atoms with van der Waals surface area (Å²) in [5, 5.41) is -0.450. The molecular weight excluding hydrogens is 432 g/mol. The highest BCUT2D eigenvalue weighted by Crippen LogP contribution is 2.40. The average molecular weight is 443 g/mol. The van der Waals surface area contributed by atoms with Crippen molar-refractivity contribution in [2.24, 2.45) is 0 Å². The summed E-state index contributed by atoms with van der Waals surface area (Å²) in [4.78, 5) is 11.3. The van der Waals surface area contributed by atoms with Crippen LogP contribution in [0.2, 0.25) is 5.02 Å². The second-order valence-corrected chi connectivity index (χ2v) is 6.43. The van der Waals surface area contributed by atoms with Gasteiger partial charge in [0.25, 0.3) is 0 Å². The first-order valence-electron chi connectivity index (χ1n) is 7.83. The minimum atomic E-state index is -5.07. The predicted molar refractivity (Wildman–Crippen MR) is 90.7 cm³/mol. The van der Waals surface area contributed by atoms with Gasteiger partial charge in [-0.3, -0.25) is 4.79 Å². The molecule has 0 heterocycles. The van der Waals surface area contributed by atoms with Gasteiger partial charge in [-0.1, -0.05) is 29.8 Å². The number of hydrogen-bond acceptors (Lipinski definition) is 1. The Morgan fingerprint density at radius 1 is 1.03 bits per heavy atom. The second kappa shape index (κ2) is 8.14. The molecule has 2 rings (SSSR count). The average Bonchev–Trinajstić information content (AvgIpc) is 2.59. The number of hydrogen-bond donors (Lipinski definition) is 0. The van der Waals surface area contributed by atoms with Crippen LogP contribution < -0.4 is 0 Å². The lowest BCUT2D eigenvalue weighted by molar-refractivity contribution is -0.140. The quantitative estimate of drug-likeness (QED) is 0.357. The Kier molecular flexibility index (Phi) is 6.42. The van der Waals surface area contributed by atoms with Crippen LogP contribution in [0, 0.1) is 5.82 Å². The van der Waals surface area contributed by atoms with Crippen molar-refractivity contribution in [3.05, 3.63) is 75.6 Å². The van der Waals surface area contributed by atoms with Crippen molar-refractivity contribution >= 4 is 23.2 Å². The maximum atomic E-state index is 14.5. The van der Waals surface area contributed by atoms with Crippen LogP contribution in [0.15, 0.2) is 42.5 Å². The number of halogens is 9. The third-order valence-electron chi connectivity index (χ3n) is 3.95. The summed E-state index contributed by atoms with van der Waals surface area (Å²) in [6.45, 7) is 0.866. The molecule has 0 aliphatic rings. The summed E-state index contributed by atoms with van der Waals surface area (Å²) in [5.41, 5.74) is -3.73. The zero-order chi connectivity index (χ0) is 22.1. The van der Waals surface area contributed by atoms with Gasteiger partial charge in [0.15, 0.2) is 5.78 Å². The highest BCUT2D eigenvalue weighted by atomic mass is 35.5. The SMILES string of the molecule is CC(=O)c1ccc(/C(F)=C/C(c2ccc(Cl)c(F)c2)C(F)(F)F)cc1C(F)(F)F. The van der Waals surface area contributed by atoms with Gasteiger partial charge < -0.3 is 0 Å². The molecule has 0 aliphatic carbocycles. The van der Waals surface area contributed by atoms with Gasteiger partial charge in [-0.25, -0.2) is 8.78 Å². The van der Waals surface area contributed by atoms with Crippen LogP contribution >= 0.6 is 11.6 Å². The molecule has 2 aromatic carbocycles. The molecule has 0 saturated heterocycles. The first-order chi connectivity index (χ1) is 13.2. The predicted octanol–water partition coefficient (Wildman–Crippen LogP) is 7.36. The molecule has 2 aromatic rings. The molecular formula is C19H11ClF8O. The van der Waals surface area contributed by atoms with Gasteiger partial charge in [-0.15, -0.1) is 0 Å². The zero-order valence-electron chi connectivity index (χ0n) is 14.4. The van der Waals surface area contributed by atoms with Crippen LogP contribution in [0.3, 0.4) is 0 Å². The number of carbonyl (C=O) groups is 1. The number of ketones is 1. The largest absolute Gasteiger partial charge is 0.417 e. The van der Waals surface area contributed by atoms with Gasteiger partial charge in [0, 0.05) is 11.1 Å². The molecule has 0 spiro atoms. The Morgan fingerprint density at radius 3 is 2.14 bits per heavy atom. The van der Waals surface area contributed by atoms with Crippen molar-refractivity contribution < 1.29 is 39.9 Å². The first kappa shape index (κ1) is 22.9. The summed E-state index contributed by atoms with van der Waals surface area (Å²) in [7, 11) is 0. The molecule has 0 amide bonds. The lowest BCUT2D eigenvalue weighted by Gasteiger charge is -2.18. The van der Waals surface area contributed by atoms with E-state index < -0.39 is 63.0 Å². The van der Waals surface area contributed by atoms with Gasteiger partial charge in [0.05, 0.1) is 10.6 Å². The third kappa shape index (κ3) is 5.35. The second-order valence-electron chi connectivity index (χ2n) is 6.02. The third-order valence-corrected chi connectivity index (χ3v) is 4.25. The van der Waals surface area contributed by atoms with E-state index in [1.54, 1.807) is 0 Å².